The first kappa shape index (κ1) is 11.1. The SMILES string of the molecule is C/C(=N/O)c1ccc(CCN=[N+]=[N-])cc1. The van der Waals surface area contributed by atoms with Crippen molar-refractivity contribution in [2.24, 2.45) is 10.3 Å². The fourth-order valence-electron chi connectivity index (χ4n) is 1.19. The number of rotatable bonds is 4. The van der Waals surface area contributed by atoms with E-state index in [1.807, 2.05) is 24.3 Å². The van der Waals surface area contributed by atoms with E-state index in [4.69, 9.17) is 10.7 Å². The van der Waals surface area contributed by atoms with Crippen LogP contribution in [0.4, 0.5) is 0 Å². The van der Waals surface area contributed by atoms with E-state index in [2.05, 4.69) is 15.2 Å². The molecule has 1 N–H and O–H groups in total. The molecule has 0 aliphatic heterocycles. The molecule has 1 aromatic carbocycles. The van der Waals surface area contributed by atoms with E-state index in [0.717, 1.165) is 17.5 Å². The Morgan fingerprint density at radius 3 is 2.60 bits per heavy atom. The Bertz CT molecular complexity index is 390. The van der Waals surface area contributed by atoms with Crippen LogP contribution in [0.15, 0.2) is 34.5 Å². The Morgan fingerprint density at radius 2 is 2.07 bits per heavy atom. The van der Waals surface area contributed by atoms with Gasteiger partial charge in [-0.3, -0.25) is 0 Å². The molecule has 0 atom stereocenters. The molecule has 0 fully saturated rings. The summed E-state index contributed by atoms with van der Waals surface area (Å²) in [5.74, 6) is 0. The van der Waals surface area contributed by atoms with Gasteiger partial charge in [0.2, 0.25) is 0 Å². The van der Waals surface area contributed by atoms with E-state index in [1.165, 1.54) is 0 Å². The molecule has 1 aromatic rings. The van der Waals surface area contributed by atoms with Crippen LogP contribution in [0, 0.1) is 0 Å². The topological polar surface area (TPSA) is 81.4 Å². The number of oxime groups is 1. The Labute approximate surface area is 87.7 Å². The van der Waals surface area contributed by atoms with Crippen LogP contribution in [0.5, 0.6) is 0 Å². The van der Waals surface area contributed by atoms with E-state index >= 15 is 0 Å². The number of nitrogens with zero attached hydrogens (tertiary/aromatic N) is 4. The van der Waals surface area contributed by atoms with Crippen LogP contribution in [-0.2, 0) is 6.42 Å². The van der Waals surface area contributed by atoms with Gasteiger partial charge in [-0.15, -0.1) is 0 Å². The van der Waals surface area contributed by atoms with Gasteiger partial charge in [0.1, 0.15) is 0 Å². The maximum Gasteiger partial charge on any atom is 0.0836 e. The summed E-state index contributed by atoms with van der Waals surface area (Å²) in [6.45, 7) is 2.19. The molecular formula is C10H12N4O. The highest BCUT2D eigenvalue weighted by Gasteiger charge is 1.97. The maximum absolute atomic E-state index is 8.56. The summed E-state index contributed by atoms with van der Waals surface area (Å²) in [4.78, 5) is 2.68. The van der Waals surface area contributed by atoms with Gasteiger partial charge in [-0.05, 0) is 30.0 Å². The van der Waals surface area contributed by atoms with Crippen molar-refractivity contribution in [2.45, 2.75) is 13.3 Å². The van der Waals surface area contributed by atoms with Crippen LogP contribution in [0.25, 0.3) is 10.4 Å². The molecule has 0 heterocycles. The second-order valence-corrected chi connectivity index (χ2v) is 3.09. The van der Waals surface area contributed by atoms with Crippen LogP contribution < -0.4 is 0 Å². The monoisotopic (exact) mass is 204 g/mol. The highest BCUT2D eigenvalue weighted by molar-refractivity contribution is 5.98. The van der Waals surface area contributed by atoms with Crippen LogP contribution in [-0.4, -0.2) is 17.5 Å². The van der Waals surface area contributed by atoms with Crippen molar-refractivity contribution < 1.29 is 5.21 Å². The molecule has 0 aromatic heterocycles. The van der Waals surface area contributed by atoms with Crippen molar-refractivity contribution in [3.63, 3.8) is 0 Å². The van der Waals surface area contributed by atoms with E-state index in [9.17, 15) is 0 Å². The molecule has 0 bridgehead atoms. The minimum atomic E-state index is 0.461. The average Bonchev–Trinajstić information content (AvgIpc) is 2.29. The van der Waals surface area contributed by atoms with Gasteiger partial charge in [-0.2, -0.15) is 0 Å². The first-order valence-corrected chi connectivity index (χ1v) is 4.56. The molecule has 0 spiro atoms. The zero-order chi connectivity index (χ0) is 11.1. The van der Waals surface area contributed by atoms with Crippen molar-refractivity contribution in [1.82, 2.24) is 0 Å². The molecule has 0 saturated carbocycles. The molecule has 1 rings (SSSR count). The quantitative estimate of drug-likeness (QED) is 0.201. The predicted molar refractivity (Wildman–Crippen MR) is 58.2 cm³/mol. The molecule has 0 radical (unpaired) electrons. The van der Waals surface area contributed by atoms with Crippen molar-refractivity contribution >= 4 is 5.71 Å². The Balaban J connectivity index is 2.68. The third-order valence-electron chi connectivity index (χ3n) is 2.09. The smallest absolute Gasteiger partial charge is 0.0836 e. The zero-order valence-corrected chi connectivity index (χ0v) is 8.46. The maximum atomic E-state index is 8.56. The van der Waals surface area contributed by atoms with Crippen LogP contribution in [0.2, 0.25) is 0 Å². The molecule has 0 unspecified atom stereocenters. The molecule has 15 heavy (non-hydrogen) atoms. The number of hydrogen-bond donors (Lipinski definition) is 1. The van der Waals surface area contributed by atoms with Crippen molar-refractivity contribution in [3.05, 3.63) is 45.8 Å². The molecule has 0 amide bonds. The minimum absolute atomic E-state index is 0.461. The van der Waals surface area contributed by atoms with Crippen LogP contribution in [0.1, 0.15) is 18.1 Å². The summed E-state index contributed by atoms with van der Waals surface area (Å²) in [7, 11) is 0. The van der Waals surface area contributed by atoms with Gasteiger partial charge in [-0.25, -0.2) is 0 Å². The number of hydrogen-bond acceptors (Lipinski definition) is 3. The van der Waals surface area contributed by atoms with Gasteiger partial charge in [0.15, 0.2) is 0 Å². The van der Waals surface area contributed by atoms with Crippen molar-refractivity contribution in [1.29, 1.82) is 0 Å². The molecule has 0 saturated heterocycles. The molecule has 0 aliphatic carbocycles. The second kappa shape index (κ2) is 5.67. The molecule has 78 valence electrons. The second-order valence-electron chi connectivity index (χ2n) is 3.09. The lowest BCUT2D eigenvalue weighted by molar-refractivity contribution is 0.319. The third-order valence-corrected chi connectivity index (χ3v) is 2.09. The van der Waals surface area contributed by atoms with E-state index in [1.54, 1.807) is 6.92 Å². The third kappa shape index (κ3) is 3.32. The molecule has 0 aliphatic rings. The first-order chi connectivity index (χ1) is 7.27. The Hall–Kier alpha value is -2.00. The number of azide groups is 1. The van der Waals surface area contributed by atoms with E-state index in [-0.39, 0.29) is 0 Å². The van der Waals surface area contributed by atoms with Gasteiger partial charge in [-0.1, -0.05) is 34.5 Å². The fourth-order valence-corrected chi connectivity index (χ4v) is 1.19. The van der Waals surface area contributed by atoms with E-state index in [0.29, 0.717) is 12.3 Å². The van der Waals surface area contributed by atoms with Gasteiger partial charge < -0.3 is 5.21 Å². The molecule has 5 nitrogen and oxygen atoms in total. The normalized spacial score (nSPS) is 10.9. The van der Waals surface area contributed by atoms with Crippen LogP contribution in [0.3, 0.4) is 0 Å². The predicted octanol–water partition coefficient (Wildman–Crippen LogP) is 2.74. The summed E-state index contributed by atoms with van der Waals surface area (Å²) < 4.78 is 0. The van der Waals surface area contributed by atoms with Crippen molar-refractivity contribution in [2.75, 3.05) is 6.54 Å². The number of benzene rings is 1. The minimum Gasteiger partial charge on any atom is -0.411 e. The van der Waals surface area contributed by atoms with Gasteiger partial charge >= 0.3 is 0 Å². The van der Waals surface area contributed by atoms with Crippen LogP contribution >= 0.6 is 0 Å². The summed E-state index contributed by atoms with van der Waals surface area (Å²) in [5, 5.41) is 15.1. The lowest BCUT2D eigenvalue weighted by atomic mass is 10.1. The Kier molecular flexibility index (Phi) is 4.19. The first-order valence-electron chi connectivity index (χ1n) is 4.56. The van der Waals surface area contributed by atoms with Gasteiger partial charge in [0, 0.05) is 11.5 Å². The molecular weight excluding hydrogens is 192 g/mol. The fraction of sp³-hybridized carbons (Fsp3) is 0.300. The zero-order valence-electron chi connectivity index (χ0n) is 8.46. The highest BCUT2D eigenvalue weighted by Crippen LogP contribution is 2.06. The van der Waals surface area contributed by atoms with Gasteiger partial charge in [0.25, 0.3) is 0 Å². The Morgan fingerprint density at radius 1 is 1.40 bits per heavy atom. The standard InChI is InChI=1S/C10H12N4O/c1-8(13-15)10-4-2-9(3-5-10)6-7-12-14-11/h2-5,15H,6-7H2,1H3/b13-8-. The molecule has 5 heteroatoms. The highest BCUT2D eigenvalue weighted by atomic mass is 16.4. The lowest BCUT2D eigenvalue weighted by Gasteiger charge is -2.01. The summed E-state index contributed by atoms with van der Waals surface area (Å²) in [6, 6.07) is 7.61. The van der Waals surface area contributed by atoms with E-state index < -0.39 is 0 Å². The van der Waals surface area contributed by atoms with Gasteiger partial charge in [0.05, 0.1) is 5.71 Å². The lowest BCUT2D eigenvalue weighted by Crippen LogP contribution is -1.95. The van der Waals surface area contributed by atoms with Crippen molar-refractivity contribution in [3.8, 4) is 0 Å². The summed E-state index contributed by atoms with van der Waals surface area (Å²) in [5.41, 5.74) is 10.7. The average molecular weight is 204 g/mol. The summed E-state index contributed by atoms with van der Waals surface area (Å²) >= 11 is 0. The largest absolute Gasteiger partial charge is 0.411 e. The summed E-state index contributed by atoms with van der Waals surface area (Å²) in [6.07, 6.45) is 0.722.